The van der Waals surface area contributed by atoms with E-state index in [9.17, 15) is 4.79 Å². The van der Waals surface area contributed by atoms with Crippen LogP contribution >= 0.6 is 12.4 Å². The topological polar surface area (TPSA) is 82.8 Å². The minimum Gasteiger partial charge on any atom is -0.493 e. The fourth-order valence-corrected chi connectivity index (χ4v) is 2.67. The van der Waals surface area contributed by atoms with Crippen molar-refractivity contribution in [3.8, 4) is 17.2 Å². The molecule has 148 valence electrons. The molecule has 0 saturated heterocycles. The summed E-state index contributed by atoms with van der Waals surface area (Å²) in [4.78, 5) is 12.1. The number of methoxy groups -OCH3 is 3. The van der Waals surface area contributed by atoms with Crippen molar-refractivity contribution in [1.29, 1.82) is 0 Å². The number of amides is 1. The third kappa shape index (κ3) is 6.34. The quantitative estimate of drug-likeness (QED) is 0.683. The second kappa shape index (κ2) is 11.3. The molecule has 0 heterocycles. The van der Waals surface area contributed by atoms with Gasteiger partial charge in [-0.2, -0.15) is 0 Å². The Labute approximate surface area is 166 Å². The van der Waals surface area contributed by atoms with Crippen LogP contribution in [0.2, 0.25) is 0 Å². The lowest BCUT2D eigenvalue weighted by atomic mass is 10.1. The predicted octanol–water partition coefficient (Wildman–Crippen LogP) is 2.88. The highest BCUT2D eigenvalue weighted by Gasteiger charge is 2.14. The lowest BCUT2D eigenvalue weighted by Gasteiger charge is -2.15. The van der Waals surface area contributed by atoms with Crippen LogP contribution in [0.25, 0.3) is 0 Å². The van der Waals surface area contributed by atoms with Crippen LogP contribution in [0, 0.1) is 0 Å². The molecule has 0 saturated carbocycles. The summed E-state index contributed by atoms with van der Waals surface area (Å²) in [6.07, 6.45) is 0.906. The van der Waals surface area contributed by atoms with Crippen LogP contribution < -0.4 is 25.3 Å². The molecule has 0 aliphatic carbocycles. The normalized spacial score (nSPS) is 11.1. The van der Waals surface area contributed by atoms with Crippen molar-refractivity contribution < 1.29 is 19.0 Å². The van der Waals surface area contributed by atoms with Gasteiger partial charge in [-0.25, -0.2) is 0 Å². The molecule has 1 amide bonds. The van der Waals surface area contributed by atoms with Crippen LogP contribution in [0.5, 0.6) is 17.2 Å². The van der Waals surface area contributed by atoms with E-state index in [4.69, 9.17) is 19.9 Å². The van der Waals surface area contributed by atoms with Gasteiger partial charge in [-0.15, -0.1) is 12.4 Å². The number of benzene rings is 2. The molecule has 2 aromatic carbocycles. The fraction of sp³-hybridized carbons (Fsp3) is 0.350. The average molecular weight is 395 g/mol. The monoisotopic (exact) mass is 394 g/mol. The van der Waals surface area contributed by atoms with E-state index in [1.165, 1.54) is 0 Å². The number of nitrogens with two attached hydrogens (primary N) is 1. The first-order valence-corrected chi connectivity index (χ1v) is 8.45. The predicted molar refractivity (Wildman–Crippen MR) is 108 cm³/mol. The number of aryl methyl sites for hydroxylation is 1. The maximum absolute atomic E-state index is 12.1. The molecule has 0 spiro atoms. The van der Waals surface area contributed by atoms with Crippen LogP contribution in [-0.4, -0.2) is 33.8 Å². The molecule has 7 heteroatoms. The summed E-state index contributed by atoms with van der Waals surface area (Å²) in [6, 6.07) is 13.2. The minimum absolute atomic E-state index is 0. The summed E-state index contributed by atoms with van der Waals surface area (Å²) in [7, 11) is 4.70. The Bertz CT molecular complexity index is 700. The van der Waals surface area contributed by atoms with Crippen molar-refractivity contribution in [2.24, 2.45) is 5.73 Å². The molecule has 0 aliphatic rings. The second-order valence-electron chi connectivity index (χ2n) is 5.85. The maximum Gasteiger partial charge on any atom is 0.220 e. The molecule has 1 atom stereocenters. The number of carbonyl (C=O) groups excluding carboxylic acids is 1. The molecule has 27 heavy (non-hydrogen) atoms. The summed E-state index contributed by atoms with van der Waals surface area (Å²) in [5.74, 6) is 1.64. The van der Waals surface area contributed by atoms with Gasteiger partial charge in [0.2, 0.25) is 11.7 Å². The highest BCUT2D eigenvalue weighted by atomic mass is 35.5. The number of ether oxygens (including phenoxy) is 3. The summed E-state index contributed by atoms with van der Waals surface area (Å²) in [5, 5.41) is 2.88. The summed E-state index contributed by atoms with van der Waals surface area (Å²) >= 11 is 0. The number of rotatable bonds is 9. The van der Waals surface area contributed by atoms with E-state index in [0.29, 0.717) is 36.6 Å². The first-order chi connectivity index (χ1) is 12.6. The minimum atomic E-state index is -0.221. The zero-order chi connectivity index (χ0) is 18.9. The number of carbonyl (C=O) groups is 1. The Morgan fingerprint density at radius 1 is 1.04 bits per heavy atom. The van der Waals surface area contributed by atoms with E-state index in [1.807, 2.05) is 42.5 Å². The van der Waals surface area contributed by atoms with Gasteiger partial charge in [-0.1, -0.05) is 30.3 Å². The average Bonchev–Trinajstić information content (AvgIpc) is 2.69. The van der Waals surface area contributed by atoms with Gasteiger partial charge < -0.3 is 25.3 Å². The fourth-order valence-electron chi connectivity index (χ4n) is 2.67. The molecule has 1 unspecified atom stereocenters. The second-order valence-corrected chi connectivity index (χ2v) is 5.85. The highest BCUT2D eigenvalue weighted by Crippen LogP contribution is 2.38. The first-order valence-electron chi connectivity index (χ1n) is 8.45. The van der Waals surface area contributed by atoms with Gasteiger partial charge in [0.15, 0.2) is 11.5 Å². The Hall–Kier alpha value is -2.44. The highest BCUT2D eigenvalue weighted by molar-refractivity contribution is 5.85. The summed E-state index contributed by atoms with van der Waals surface area (Å²) < 4.78 is 16.0. The van der Waals surface area contributed by atoms with E-state index in [-0.39, 0.29) is 24.4 Å². The van der Waals surface area contributed by atoms with Crippen molar-refractivity contribution in [2.75, 3.05) is 27.9 Å². The van der Waals surface area contributed by atoms with Crippen molar-refractivity contribution in [2.45, 2.75) is 18.9 Å². The van der Waals surface area contributed by atoms with Crippen LogP contribution in [0.15, 0.2) is 42.5 Å². The molecule has 2 rings (SSSR count). The van der Waals surface area contributed by atoms with E-state index in [2.05, 4.69) is 5.32 Å². The molecular weight excluding hydrogens is 368 g/mol. The lowest BCUT2D eigenvalue weighted by Crippen LogP contribution is -2.32. The van der Waals surface area contributed by atoms with Gasteiger partial charge in [0.25, 0.3) is 0 Å². The Morgan fingerprint density at radius 3 is 2.15 bits per heavy atom. The standard InChI is InChI=1S/C20H26N2O4.ClH/c1-24-17-11-14(12-18(25-2)20(17)26-3)9-10-19(23)22-13-16(21)15-7-5-4-6-8-15;/h4-8,11-12,16H,9-10,13,21H2,1-3H3,(H,22,23);1H. The number of nitrogens with one attached hydrogen (secondary N) is 1. The van der Waals surface area contributed by atoms with Crippen molar-refractivity contribution in [3.05, 3.63) is 53.6 Å². The summed E-state index contributed by atoms with van der Waals surface area (Å²) in [6.45, 7) is 0.401. The Balaban J connectivity index is 0.00000364. The van der Waals surface area contributed by atoms with Crippen LogP contribution in [0.4, 0.5) is 0 Å². The van der Waals surface area contributed by atoms with Gasteiger partial charge in [0.1, 0.15) is 0 Å². The third-order valence-electron chi connectivity index (χ3n) is 4.11. The largest absolute Gasteiger partial charge is 0.493 e. The smallest absolute Gasteiger partial charge is 0.220 e. The number of halogens is 1. The van der Waals surface area contributed by atoms with Crippen molar-refractivity contribution in [1.82, 2.24) is 5.32 Å². The molecule has 0 fully saturated rings. The Kier molecular flexibility index (Phi) is 9.47. The number of hydrogen-bond acceptors (Lipinski definition) is 5. The molecule has 2 aromatic rings. The van der Waals surface area contributed by atoms with Crippen LogP contribution in [-0.2, 0) is 11.2 Å². The SMILES string of the molecule is COc1cc(CCC(=O)NCC(N)c2ccccc2)cc(OC)c1OC.Cl. The lowest BCUT2D eigenvalue weighted by molar-refractivity contribution is -0.121. The zero-order valence-electron chi connectivity index (χ0n) is 15.9. The van der Waals surface area contributed by atoms with Gasteiger partial charge >= 0.3 is 0 Å². The zero-order valence-corrected chi connectivity index (χ0v) is 16.7. The van der Waals surface area contributed by atoms with E-state index < -0.39 is 0 Å². The Morgan fingerprint density at radius 2 is 1.63 bits per heavy atom. The first kappa shape index (κ1) is 22.6. The van der Waals surface area contributed by atoms with Gasteiger partial charge in [-0.05, 0) is 29.7 Å². The van der Waals surface area contributed by atoms with E-state index in [1.54, 1.807) is 21.3 Å². The van der Waals surface area contributed by atoms with Crippen molar-refractivity contribution in [3.63, 3.8) is 0 Å². The molecule has 0 bridgehead atoms. The van der Waals surface area contributed by atoms with Gasteiger partial charge in [-0.3, -0.25) is 4.79 Å². The molecule has 0 radical (unpaired) electrons. The van der Waals surface area contributed by atoms with Gasteiger partial charge in [0, 0.05) is 19.0 Å². The molecule has 6 nitrogen and oxygen atoms in total. The van der Waals surface area contributed by atoms with Gasteiger partial charge in [0.05, 0.1) is 21.3 Å². The summed E-state index contributed by atoms with van der Waals surface area (Å²) in [5.41, 5.74) is 8.03. The molecular formula is C20H27ClN2O4. The number of hydrogen-bond donors (Lipinski definition) is 2. The van der Waals surface area contributed by atoms with Crippen molar-refractivity contribution >= 4 is 18.3 Å². The van der Waals surface area contributed by atoms with E-state index >= 15 is 0 Å². The maximum atomic E-state index is 12.1. The molecule has 0 aliphatic heterocycles. The van der Waals surface area contributed by atoms with E-state index in [0.717, 1.165) is 11.1 Å². The van der Waals surface area contributed by atoms with Crippen LogP contribution in [0.1, 0.15) is 23.6 Å². The third-order valence-corrected chi connectivity index (χ3v) is 4.11. The molecule has 0 aromatic heterocycles. The molecule has 3 N–H and O–H groups in total. The van der Waals surface area contributed by atoms with Crippen LogP contribution in [0.3, 0.4) is 0 Å².